The van der Waals surface area contributed by atoms with Crippen LogP contribution in [0.4, 0.5) is 14.6 Å². The Hall–Kier alpha value is -3.15. The predicted octanol–water partition coefficient (Wildman–Crippen LogP) is 5.59. The fourth-order valence-corrected chi connectivity index (χ4v) is 3.46. The highest BCUT2D eigenvalue weighted by Crippen LogP contribution is 2.25. The summed E-state index contributed by atoms with van der Waals surface area (Å²) in [6.07, 6.45) is 4.66. The number of rotatable bonds is 10. The topological polar surface area (TPSA) is 33.1 Å². The van der Waals surface area contributed by atoms with Gasteiger partial charge in [0.2, 0.25) is 0 Å². The Bertz CT molecular complexity index is 996. The van der Waals surface area contributed by atoms with Crippen LogP contribution in [-0.2, 0) is 13.5 Å². The zero-order valence-corrected chi connectivity index (χ0v) is 17.5. The van der Waals surface area contributed by atoms with Crippen molar-refractivity contribution in [1.29, 1.82) is 0 Å². The molecule has 2 aromatic carbocycles. The van der Waals surface area contributed by atoms with Crippen LogP contribution in [0.25, 0.3) is 11.1 Å². The Balaban J connectivity index is 1.52. The molecule has 0 aliphatic heterocycles. The van der Waals surface area contributed by atoms with Crippen LogP contribution < -0.4 is 5.32 Å². The van der Waals surface area contributed by atoms with Gasteiger partial charge >= 0.3 is 0 Å². The van der Waals surface area contributed by atoms with Crippen molar-refractivity contribution in [2.24, 2.45) is 7.05 Å². The Kier molecular flexibility index (Phi) is 7.22. The highest BCUT2D eigenvalue weighted by Gasteiger charge is 2.09. The van der Waals surface area contributed by atoms with Crippen molar-refractivity contribution >= 4 is 5.82 Å². The SMILES string of the molecule is C=C(Nc1ccnn1C)N(CC)CCCCc1cccc(-c2ccc(F)cc2F)c1. The van der Waals surface area contributed by atoms with Crippen LogP contribution in [0, 0.1) is 11.6 Å². The molecule has 0 saturated heterocycles. The Morgan fingerprint density at radius 1 is 1.13 bits per heavy atom. The standard InChI is InChI=1S/C24H28F2N4/c1-4-30(18(2)28-24-13-14-27-29(24)3)15-6-5-8-19-9-7-10-20(16-19)22-12-11-21(25)17-23(22)26/h7,9-14,16-17,28H,2,4-6,8,15H2,1,3H3. The molecule has 0 amide bonds. The van der Waals surface area contributed by atoms with E-state index < -0.39 is 11.6 Å². The first kappa shape index (κ1) is 21.6. The van der Waals surface area contributed by atoms with E-state index in [1.54, 1.807) is 10.9 Å². The molecule has 0 aliphatic rings. The van der Waals surface area contributed by atoms with E-state index in [0.717, 1.165) is 61.2 Å². The van der Waals surface area contributed by atoms with E-state index in [-0.39, 0.29) is 0 Å². The Morgan fingerprint density at radius 2 is 1.97 bits per heavy atom. The number of hydrogen-bond donors (Lipinski definition) is 1. The van der Waals surface area contributed by atoms with Crippen molar-refractivity contribution < 1.29 is 8.78 Å². The van der Waals surface area contributed by atoms with Crippen LogP contribution in [0.3, 0.4) is 0 Å². The summed E-state index contributed by atoms with van der Waals surface area (Å²) in [5, 5.41) is 7.46. The van der Waals surface area contributed by atoms with Crippen molar-refractivity contribution in [2.75, 3.05) is 18.4 Å². The second-order valence-corrected chi connectivity index (χ2v) is 7.27. The predicted molar refractivity (Wildman–Crippen MR) is 118 cm³/mol. The van der Waals surface area contributed by atoms with Gasteiger partial charge in [-0.3, -0.25) is 4.68 Å². The number of unbranched alkanes of at least 4 members (excludes halogenated alkanes) is 1. The van der Waals surface area contributed by atoms with Gasteiger partial charge in [-0.05, 0) is 49.4 Å². The van der Waals surface area contributed by atoms with E-state index in [0.29, 0.717) is 5.56 Å². The van der Waals surface area contributed by atoms with Gasteiger partial charge in [0.25, 0.3) is 0 Å². The van der Waals surface area contributed by atoms with Gasteiger partial charge in [0.15, 0.2) is 0 Å². The lowest BCUT2D eigenvalue weighted by Crippen LogP contribution is -2.28. The van der Waals surface area contributed by atoms with Crippen LogP contribution in [0.1, 0.15) is 25.3 Å². The molecular weight excluding hydrogens is 382 g/mol. The summed E-state index contributed by atoms with van der Waals surface area (Å²) >= 11 is 0. The van der Waals surface area contributed by atoms with Gasteiger partial charge in [-0.15, -0.1) is 0 Å². The molecule has 158 valence electrons. The first-order valence-corrected chi connectivity index (χ1v) is 10.2. The molecule has 30 heavy (non-hydrogen) atoms. The summed E-state index contributed by atoms with van der Waals surface area (Å²) in [7, 11) is 1.89. The third-order valence-corrected chi connectivity index (χ3v) is 5.17. The lowest BCUT2D eigenvalue weighted by molar-refractivity contribution is 0.356. The number of nitrogens with one attached hydrogen (secondary N) is 1. The molecule has 1 aromatic heterocycles. The van der Waals surface area contributed by atoms with Gasteiger partial charge in [-0.25, -0.2) is 8.78 Å². The van der Waals surface area contributed by atoms with Crippen LogP contribution in [0.2, 0.25) is 0 Å². The Morgan fingerprint density at radius 3 is 2.67 bits per heavy atom. The summed E-state index contributed by atoms with van der Waals surface area (Å²) in [6.45, 7) is 8.02. The third kappa shape index (κ3) is 5.47. The van der Waals surface area contributed by atoms with Gasteiger partial charge in [0, 0.05) is 37.8 Å². The minimum absolute atomic E-state index is 0.424. The summed E-state index contributed by atoms with van der Waals surface area (Å²) in [5.41, 5.74) is 2.34. The summed E-state index contributed by atoms with van der Waals surface area (Å²) in [5.74, 6) is 0.663. The van der Waals surface area contributed by atoms with E-state index in [4.69, 9.17) is 0 Å². The van der Waals surface area contributed by atoms with Gasteiger partial charge in [0.1, 0.15) is 17.5 Å². The van der Waals surface area contributed by atoms with E-state index in [1.807, 2.05) is 37.4 Å². The fraction of sp³-hybridized carbons (Fsp3) is 0.292. The van der Waals surface area contributed by atoms with E-state index in [9.17, 15) is 8.78 Å². The highest BCUT2D eigenvalue weighted by atomic mass is 19.1. The average molecular weight is 411 g/mol. The number of halogens is 2. The zero-order valence-electron chi connectivity index (χ0n) is 17.5. The molecule has 1 heterocycles. The number of benzene rings is 2. The molecule has 1 N–H and O–H groups in total. The molecular formula is C24H28F2N4. The molecule has 0 atom stereocenters. The summed E-state index contributed by atoms with van der Waals surface area (Å²) in [4.78, 5) is 2.21. The summed E-state index contributed by atoms with van der Waals surface area (Å²) < 4.78 is 29.0. The summed E-state index contributed by atoms with van der Waals surface area (Å²) in [6, 6.07) is 13.4. The lowest BCUT2D eigenvalue weighted by Gasteiger charge is -2.26. The zero-order chi connectivity index (χ0) is 21.5. The maximum Gasteiger partial charge on any atom is 0.133 e. The Labute approximate surface area is 176 Å². The van der Waals surface area contributed by atoms with Gasteiger partial charge in [0.05, 0.1) is 12.0 Å². The normalized spacial score (nSPS) is 10.8. The monoisotopic (exact) mass is 410 g/mol. The second kappa shape index (κ2) is 10.1. The number of aromatic nitrogens is 2. The van der Waals surface area contributed by atoms with Crippen LogP contribution in [-0.4, -0.2) is 27.8 Å². The van der Waals surface area contributed by atoms with Crippen LogP contribution >= 0.6 is 0 Å². The minimum atomic E-state index is -0.563. The number of hydrogen-bond acceptors (Lipinski definition) is 3. The molecule has 0 bridgehead atoms. The maximum atomic E-state index is 14.1. The molecule has 3 rings (SSSR count). The number of aryl methyl sites for hydroxylation is 2. The van der Waals surface area contributed by atoms with E-state index >= 15 is 0 Å². The van der Waals surface area contributed by atoms with E-state index in [2.05, 4.69) is 28.8 Å². The molecule has 4 nitrogen and oxygen atoms in total. The number of nitrogens with zero attached hydrogens (tertiary/aromatic N) is 3. The van der Waals surface area contributed by atoms with Crippen molar-refractivity contribution in [3.05, 3.63) is 84.3 Å². The third-order valence-electron chi connectivity index (χ3n) is 5.17. The molecule has 0 radical (unpaired) electrons. The van der Waals surface area contributed by atoms with Gasteiger partial charge in [-0.2, -0.15) is 5.10 Å². The van der Waals surface area contributed by atoms with Crippen molar-refractivity contribution in [1.82, 2.24) is 14.7 Å². The van der Waals surface area contributed by atoms with Crippen molar-refractivity contribution in [2.45, 2.75) is 26.2 Å². The van der Waals surface area contributed by atoms with Crippen molar-refractivity contribution in [3.8, 4) is 11.1 Å². The average Bonchev–Trinajstić information content (AvgIpc) is 3.12. The molecule has 0 aliphatic carbocycles. The molecule has 0 spiro atoms. The quantitative estimate of drug-likeness (QED) is 0.442. The van der Waals surface area contributed by atoms with Gasteiger partial charge in [-0.1, -0.05) is 30.8 Å². The van der Waals surface area contributed by atoms with Gasteiger partial charge < -0.3 is 10.2 Å². The molecule has 0 fully saturated rings. The smallest absolute Gasteiger partial charge is 0.133 e. The first-order chi connectivity index (χ1) is 14.5. The minimum Gasteiger partial charge on any atom is -0.359 e. The van der Waals surface area contributed by atoms with Crippen LogP contribution in [0.5, 0.6) is 0 Å². The second-order valence-electron chi connectivity index (χ2n) is 7.27. The molecule has 3 aromatic rings. The van der Waals surface area contributed by atoms with E-state index in [1.165, 1.54) is 12.1 Å². The van der Waals surface area contributed by atoms with Crippen molar-refractivity contribution in [3.63, 3.8) is 0 Å². The lowest BCUT2D eigenvalue weighted by atomic mass is 10.00. The highest BCUT2D eigenvalue weighted by molar-refractivity contribution is 5.64. The fourth-order valence-electron chi connectivity index (χ4n) is 3.46. The maximum absolute atomic E-state index is 14.1. The largest absolute Gasteiger partial charge is 0.359 e. The molecule has 6 heteroatoms. The molecule has 0 saturated carbocycles. The number of anilines is 1. The van der Waals surface area contributed by atoms with Crippen LogP contribution in [0.15, 0.2) is 67.1 Å². The molecule has 0 unspecified atom stereocenters. The first-order valence-electron chi connectivity index (χ1n) is 10.2.